The molecule has 2 aliphatic rings. The molecule has 0 bridgehead atoms. The Morgan fingerprint density at radius 1 is 1.23 bits per heavy atom. The van der Waals surface area contributed by atoms with Gasteiger partial charge in [0.05, 0.1) is 18.1 Å². The minimum atomic E-state index is -0.596. The van der Waals surface area contributed by atoms with E-state index in [1.807, 2.05) is 27.7 Å². The van der Waals surface area contributed by atoms with Gasteiger partial charge in [-0.1, -0.05) is 20.8 Å². The second kappa shape index (κ2) is 7.19. The van der Waals surface area contributed by atoms with Gasteiger partial charge in [0, 0.05) is 18.7 Å². The van der Waals surface area contributed by atoms with Gasteiger partial charge in [-0.15, -0.1) is 0 Å². The molecule has 1 saturated carbocycles. The molecule has 0 saturated heterocycles. The number of nitrogens with zero attached hydrogens (tertiary/aromatic N) is 4. The molecular formula is C20H27N7O3. The molecule has 10 nitrogen and oxygen atoms in total. The Morgan fingerprint density at radius 3 is 2.57 bits per heavy atom. The summed E-state index contributed by atoms with van der Waals surface area (Å²) in [5.41, 5.74) is 2.93. The number of aliphatic hydroxyl groups excluding tert-OH is 1. The zero-order valence-corrected chi connectivity index (χ0v) is 17.6. The molecular weight excluding hydrogens is 386 g/mol. The predicted molar refractivity (Wildman–Crippen MR) is 114 cm³/mol. The summed E-state index contributed by atoms with van der Waals surface area (Å²) in [5, 5.41) is 16.2. The van der Waals surface area contributed by atoms with Gasteiger partial charge in [-0.25, -0.2) is 9.66 Å². The number of hydrogen-bond acceptors (Lipinski definition) is 8. The molecule has 1 aliphatic carbocycles. The molecule has 0 radical (unpaired) electrons. The molecule has 1 unspecified atom stereocenters. The number of anilines is 1. The summed E-state index contributed by atoms with van der Waals surface area (Å²) in [6.07, 6.45) is 6.33. The zero-order chi connectivity index (χ0) is 21.6. The van der Waals surface area contributed by atoms with Crippen LogP contribution in [0.2, 0.25) is 0 Å². The smallest absolute Gasteiger partial charge is 0.289 e. The maximum atomic E-state index is 13.2. The van der Waals surface area contributed by atoms with E-state index in [0.717, 1.165) is 18.5 Å². The highest BCUT2D eigenvalue weighted by atomic mass is 16.3. The summed E-state index contributed by atoms with van der Waals surface area (Å²) in [7, 11) is 0. The topological polar surface area (TPSA) is 126 Å². The van der Waals surface area contributed by atoms with Crippen molar-refractivity contribution in [2.24, 2.45) is 5.41 Å². The fourth-order valence-corrected chi connectivity index (χ4v) is 3.31. The van der Waals surface area contributed by atoms with E-state index in [1.165, 1.54) is 9.24 Å². The number of aliphatic hydroxyl groups is 1. The molecule has 2 aromatic rings. The first-order valence-corrected chi connectivity index (χ1v) is 10.0. The number of fused-ring (bicyclic) bond motifs is 1. The van der Waals surface area contributed by atoms with Crippen LogP contribution in [0.25, 0.3) is 12.0 Å². The molecule has 30 heavy (non-hydrogen) atoms. The summed E-state index contributed by atoms with van der Waals surface area (Å²) < 4.78 is 2.82. The molecule has 4 N–H and O–H groups in total. The second-order valence-electron chi connectivity index (χ2n) is 9.05. The Bertz CT molecular complexity index is 1200. The van der Waals surface area contributed by atoms with E-state index in [-0.39, 0.29) is 22.6 Å². The summed E-state index contributed by atoms with van der Waals surface area (Å²) >= 11 is 0. The second-order valence-corrected chi connectivity index (χ2v) is 9.05. The normalized spacial score (nSPS) is 18.9. The van der Waals surface area contributed by atoms with Crippen molar-refractivity contribution >= 4 is 17.8 Å². The number of aromatic nitrogens is 4. The number of hydrogen-bond donors (Lipinski definition) is 4. The SMILES string of the molecule is Cc1cnc(NC2C=c3n(CC(C)(C)C)c(=O)c(=C(O)NC4CC4)c(=O)n3N2)cn1. The quantitative estimate of drug-likeness (QED) is 0.507. The minimum absolute atomic E-state index is 0.104. The predicted octanol–water partition coefficient (Wildman–Crippen LogP) is -0.694. The van der Waals surface area contributed by atoms with Crippen molar-refractivity contribution in [2.75, 3.05) is 10.7 Å². The molecule has 1 aliphatic heterocycles. The standard InChI is InChI=1S/C20H27N7O3/c1-11-8-22-14(9-21-11)24-13-7-15-26(10-20(2,3)4)18(29)16(19(30)27(15)25-13)17(28)23-12-5-6-12/h7-9,12-13,23,25,28H,5-6,10H2,1-4H3,(H,22,24). The van der Waals surface area contributed by atoms with Crippen molar-refractivity contribution in [3.05, 3.63) is 49.5 Å². The van der Waals surface area contributed by atoms with Crippen LogP contribution in [0.4, 0.5) is 5.82 Å². The summed E-state index contributed by atoms with van der Waals surface area (Å²) in [4.78, 5) is 34.8. The summed E-state index contributed by atoms with van der Waals surface area (Å²) in [6.45, 7) is 8.24. The molecule has 0 amide bonds. The Hall–Kier alpha value is -3.30. The maximum absolute atomic E-state index is 13.2. The molecule has 160 valence electrons. The number of rotatable bonds is 5. The van der Waals surface area contributed by atoms with Crippen molar-refractivity contribution in [1.82, 2.24) is 24.5 Å². The van der Waals surface area contributed by atoms with E-state index in [0.29, 0.717) is 17.8 Å². The van der Waals surface area contributed by atoms with E-state index >= 15 is 0 Å². The molecule has 10 heteroatoms. The fourth-order valence-electron chi connectivity index (χ4n) is 3.31. The van der Waals surface area contributed by atoms with E-state index in [1.54, 1.807) is 18.5 Å². The van der Waals surface area contributed by atoms with Crippen LogP contribution in [0.15, 0.2) is 22.0 Å². The molecule has 3 heterocycles. The summed E-state index contributed by atoms with van der Waals surface area (Å²) in [5.74, 6) is 0.165. The van der Waals surface area contributed by atoms with Gasteiger partial charge in [-0.05, 0) is 25.2 Å². The van der Waals surface area contributed by atoms with Gasteiger partial charge in [0.1, 0.15) is 17.5 Å². The number of aryl methyl sites for hydroxylation is 1. The first-order valence-electron chi connectivity index (χ1n) is 10.0. The molecule has 1 fully saturated rings. The van der Waals surface area contributed by atoms with Crippen LogP contribution in [0, 0.1) is 12.3 Å². The first kappa shape index (κ1) is 20.0. The van der Waals surface area contributed by atoms with Crippen molar-refractivity contribution in [1.29, 1.82) is 0 Å². The molecule has 0 spiro atoms. The van der Waals surface area contributed by atoms with E-state index in [2.05, 4.69) is 26.0 Å². The largest absolute Gasteiger partial charge is 0.494 e. The van der Waals surface area contributed by atoms with Gasteiger partial charge in [0.15, 0.2) is 5.22 Å². The van der Waals surface area contributed by atoms with Crippen molar-refractivity contribution < 1.29 is 5.11 Å². The van der Waals surface area contributed by atoms with Crippen LogP contribution in [-0.2, 0) is 6.54 Å². The highest BCUT2D eigenvalue weighted by molar-refractivity contribution is 5.45. The average Bonchev–Trinajstić information content (AvgIpc) is 3.36. The van der Waals surface area contributed by atoms with Gasteiger partial charge >= 0.3 is 0 Å². The lowest BCUT2D eigenvalue weighted by molar-refractivity contribution is 0.326. The zero-order valence-electron chi connectivity index (χ0n) is 17.6. The fraction of sp³-hybridized carbons (Fsp3) is 0.500. The van der Waals surface area contributed by atoms with Crippen LogP contribution in [0.1, 0.15) is 39.3 Å². The van der Waals surface area contributed by atoms with Gasteiger partial charge < -0.3 is 15.7 Å². The van der Waals surface area contributed by atoms with Crippen LogP contribution in [0.5, 0.6) is 0 Å². The lowest BCUT2D eigenvalue weighted by Crippen LogP contribution is -2.61. The summed E-state index contributed by atoms with van der Waals surface area (Å²) in [6, 6.07) is 0.104. The van der Waals surface area contributed by atoms with Crippen LogP contribution < -0.4 is 37.9 Å². The monoisotopic (exact) mass is 413 g/mol. The highest BCUT2D eigenvalue weighted by Crippen LogP contribution is 2.19. The van der Waals surface area contributed by atoms with E-state index in [4.69, 9.17) is 0 Å². The van der Waals surface area contributed by atoms with Crippen molar-refractivity contribution in [3.63, 3.8) is 0 Å². The third kappa shape index (κ3) is 4.03. The minimum Gasteiger partial charge on any atom is -0.494 e. The Balaban J connectivity index is 1.82. The van der Waals surface area contributed by atoms with Crippen LogP contribution >= 0.6 is 0 Å². The van der Waals surface area contributed by atoms with E-state index < -0.39 is 17.3 Å². The van der Waals surface area contributed by atoms with Gasteiger partial charge in [0.25, 0.3) is 11.1 Å². The highest BCUT2D eigenvalue weighted by Gasteiger charge is 2.26. The molecule has 2 aromatic heterocycles. The van der Waals surface area contributed by atoms with Gasteiger partial charge in [-0.2, -0.15) is 0 Å². The van der Waals surface area contributed by atoms with Crippen molar-refractivity contribution in [3.8, 4) is 0 Å². The number of nitrogens with one attached hydrogen (secondary N) is 3. The van der Waals surface area contributed by atoms with Gasteiger partial charge in [-0.3, -0.25) is 24.6 Å². The first-order chi connectivity index (χ1) is 14.1. The van der Waals surface area contributed by atoms with Gasteiger partial charge in [0.2, 0.25) is 5.88 Å². The third-order valence-electron chi connectivity index (χ3n) is 4.84. The maximum Gasteiger partial charge on any atom is 0.289 e. The Morgan fingerprint density at radius 2 is 1.97 bits per heavy atom. The third-order valence-corrected chi connectivity index (χ3v) is 4.84. The van der Waals surface area contributed by atoms with E-state index in [9.17, 15) is 14.7 Å². The molecule has 4 rings (SSSR count). The van der Waals surface area contributed by atoms with Crippen LogP contribution in [-0.4, -0.2) is 36.5 Å². The lowest BCUT2D eigenvalue weighted by Gasteiger charge is -2.21. The molecule has 1 atom stereocenters. The average molecular weight is 413 g/mol. The van der Waals surface area contributed by atoms with Crippen molar-refractivity contribution in [2.45, 2.75) is 59.3 Å². The van der Waals surface area contributed by atoms with Crippen LogP contribution in [0.3, 0.4) is 0 Å². The Kier molecular flexibility index (Phi) is 4.79. The Labute approximate surface area is 173 Å². The lowest BCUT2D eigenvalue weighted by atomic mass is 9.97. The molecule has 0 aromatic carbocycles.